The molecule has 16 heavy (non-hydrogen) atoms. The van der Waals surface area contributed by atoms with Crippen LogP contribution in [0.25, 0.3) is 6.08 Å². The maximum Gasteiger partial charge on any atom is 0.104 e. The Kier molecular flexibility index (Phi) is 7.56. The Bertz CT molecular complexity index is 362. The van der Waals surface area contributed by atoms with E-state index in [0.29, 0.717) is 0 Å². The molecule has 0 atom stereocenters. The average molecular weight is 238 g/mol. The number of nitrogens with one attached hydrogen (secondary N) is 1. The summed E-state index contributed by atoms with van der Waals surface area (Å²) in [6.45, 7) is 10.1. The van der Waals surface area contributed by atoms with Crippen LogP contribution in [0.3, 0.4) is 0 Å². The molecule has 0 aromatic carbocycles. The maximum atomic E-state index is 4.39. The molecule has 3 heteroatoms. The molecule has 0 fully saturated rings. The van der Waals surface area contributed by atoms with E-state index >= 15 is 0 Å². The van der Waals surface area contributed by atoms with E-state index in [-0.39, 0.29) is 0 Å². The number of hydrogen-bond donors (Lipinski definition) is 1. The van der Waals surface area contributed by atoms with Crippen molar-refractivity contribution in [3.05, 3.63) is 15.8 Å². The zero-order chi connectivity index (χ0) is 12.6. The molecule has 1 aromatic heterocycles. The molecular weight excluding hydrogens is 216 g/mol. The third-order valence-electron chi connectivity index (χ3n) is 1.91. The molecule has 2 nitrogen and oxygen atoms in total. The second-order valence-electron chi connectivity index (χ2n) is 2.88. The smallest absolute Gasteiger partial charge is 0.104 e. The standard InChI is InChI=1S/C11H16N2S.C2H6/c1-5-7-9-11(13-6-2)10(12-4)8(3)14-9;1-2/h5-7,12H,1-4H3;1-2H3/b7-5-,13-6?;. The van der Waals surface area contributed by atoms with Gasteiger partial charge < -0.3 is 5.32 Å². The molecule has 0 amide bonds. The highest BCUT2D eigenvalue weighted by Crippen LogP contribution is 2.40. The van der Waals surface area contributed by atoms with Gasteiger partial charge in [0.25, 0.3) is 0 Å². The van der Waals surface area contributed by atoms with Gasteiger partial charge in [-0.1, -0.05) is 19.9 Å². The predicted molar refractivity (Wildman–Crippen MR) is 78.5 cm³/mol. The minimum Gasteiger partial charge on any atom is -0.385 e. The summed E-state index contributed by atoms with van der Waals surface area (Å²) in [5.41, 5.74) is 2.19. The van der Waals surface area contributed by atoms with Crippen LogP contribution in [-0.2, 0) is 0 Å². The van der Waals surface area contributed by atoms with Gasteiger partial charge in [-0.2, -0.15) is 0 Å². The van der Waals surface area contributed by atoms with E-state index in [1.807, 2.05) is 47.0 Å². The van der Waals surface area contributed by atoms with E-state index in [1.54, 1.807) is 11.3 Å². The van der Waals surface area contributed by atoms with Crippen LogP contribution in [0.4, 0.5) is 11.4 Å². The summed E-state index contributed by atoms with van der Waals surface area (Å²) in [6, 6.07) is 0. The largest absolute Gasteiger partial charge is 0.385 e. The van der Waals surface area contributed by atoms with Gasteiger partial charge in [-0.3, -0.25) is 4.99 Å². The monoisotopic (exact) mass is 238 g/mol. The predicted octanol–water partition coefficient (Wildman–Crippen LogP) is 4.88. The molecule has 1 aromatic rings. The van der Waals surface area contributed by atoms with Crippen LogP contribution in [0.2, 0.25) is 0 Å². The summed E-state index contributed by atoms with van der Waals surface area (Å²) in [5, 5.41) is 3.19. The fourth-order valence-corrected chi connectivity index (χ4v) is 2.46. The van der Waals surface area contributed by atoms with Gasteiger partial charge in [-0.05, 0) is 26.8 Å². The molecule has 0 bridgehead atoms. The Morgan fingerprint density at radius 3 is 2.31 bits per heavy atom. The van der Waals surface area contributed by atoms with E-state index in [0.717, 1.165) is 11.4 Å². The molecule has 0 saturated heterocycles. The van der Waals surface area contributed by atoms with Crippen molar-refractivity contribution in [2.75, 3.05) is 12.4 Å². The van der Waals surface area contributed by atoms with Gasteiger partial charge in [-0.15, -0.1) is 11.3 Å². The molecular formula is C13H22N2S. The molecule has 0 aliphatic rings. The number of aliphatic imine (C=N–C) groups is 1. The lowest BCUT2D eigenvalue weighted by Crippen LogP contribution is -1.87. The number of nitrogens with zero attached hydrogens (tertiary/aromatic N) is 1. The number of allylic oxidation sites excluding steroid dienone is 1. The lowest BCUT2D eigenvalue weighted by Gasteiger charge is -1.99. The lowest BCUT2D eigenvalue weighted by molar-refractivity contribution is 1.45. The van der Waals surface area contributed by atoms with Crippen LogP contribution >= 0.6 is 11.3 Å². The number of hydrogen-bond acceptors (Lipinski definition) is 3. The third-order valence-corrected chi connectivity index (χ3v) is 2.97. The molecule has 0 aliphatic carbocycles. The van der Waals surface area contributed by atoms with Crippen molar-refractivity contribution in [1.29, 1.82) is 0 Å². The first-order valence-corrected chi connectivity index (χ1v) is 6.48. The molecule has 0 aliphatic heterocycles. The molecule has 0 saturated carbocycles. The first kappa shape index (κ1) is 14.9. The lowest BCUT2D eigenvalue weighted by atomic mass is 10.3. The highest BCUT2D eigenvalue weighted by atomic mass is 32.1. The van der Waals surface area contributed by atoms with Gasteiger partial charge >= 0.3 is 0 Å². The SMILES string of the molecule is CC.CC=Nc1c(/C=C\C)sc(C)c1NC. The van der Waals surface area contributed by atoms with Gasteiger partial charge in [0, 0.05) is 18.1 Å². The summed E-state index contributed by atoms with van der Waals surface area (Å²) < 4.78 is 0. The van der Waals surface area contributed by atoms with Gasteiger partial charge in [0.05, 0.1) is 10.6 Å². The van der Waals surface area contributed by atoms with Crippen molar-refractivity contribution in [2.24, 2.45) is 4.99 Å². The first-order chi connectivity index (χ1) is 7.74. The molecule has 0 unspecified atom stereocenters. The van der Waals surface area contributed by atoms with Gasteiger partial charge in [0.15, 0.2) is 0 Å². The van der Waals surface area contributed by atoms with E-state index in [9.17, 15) is 0 Å². The fraction of sp³-hybridized carbons (Fsp3) is 0.462. The fourth-order valence-electron chi connectivity index (χ4n) is 1.37. The van der Waals surface area contributed by atoms with Gasteiger partial charge in [0.1, 0.15) is 5.69 Å². The highest BCUT2D eigenvalue weighted by molar-refractivity contribution is 7.14. The third kappa shape index (κ3) is 3.49. The number of anilines is 1. The quantitative estimate of drug-likeness (QED) is 0.746. The zero-order valence-electron chi connectivity index (χ0n) is 11.1. The maximum absolute atomic E-state index is 4.39. The Morgan fingerprint density at radius 1 is 1.25 bits per heavy atom. The summed E-state index contributed by atoms with van der Waals surface area (Å²) in [6.07, 6.45) is 5.97. The van der Waals surface area contributed by atoms with Gasteiger partial charge in [-0.25, -0.2) is 0 Å². The summed E-state index contributed by atoms with van der Waals surface area (Å²) in [7, 11) is 1.93. The average Bonchev–Trinajstić information content (AvgIpc) is 2.59. The molecule has 1 rings (SSSR count). The van der Waals surface area contributed by atoms with Crippen molar-refractivity contribution in [3.63, 3.8) is 0 Å². The number of thiophene rings is 1. The molecule has 0 radical (unpaired) electrons. The van der Waals surface area contributed by atoms with Crippen LogP contribution < -0.4 is 5.32 Å². The highest BCUT2D eigenvalue weighted by Gasteiger charge is 2.10. The second kappa shape index (κ2) is 8.11. The second-order valence-corrected chi connectivity index (χ2v) is 4.14. The Balaban J connectivity index is 0.00000106. The molecule has 0 spiro atoms. The topological polar surface area (TPSA) is 24.4 Å². The van der Waals surface area contributed by atoms with E-state index < -0.39 is 0 Å². The van der Waals surface area contributed by atoms with Crippen molar-refractivity contribution < 1.29 is 0 Å². The normalized spacial score (nSPS) is 10.6. The Hall–Kier alpha value is -1.09. The minimum absolute atomic E-state index is 1.05. The van der Waals surface area contributed by atoms with E-state index in [2.05, 4.69) is 23.3 Å². The van der Waals surface area contributed by atoms with Gasteiger partial charge in [0.2, 0.25) is 0 Å². The molecule has 1 heterocycles. The van der Waals surface area contributed by atoms with Crippen LogP contribution in [-0.4, -0.2) is 13.3 Å². The number of rotatable bonds is 3. The van der Waals surface area contributed by atoms with E-state index in [4.69, 9.17) is 0 Å². The van der Waals surface area contributed by atoms with Crippen molar-refractivity contribution >= 4 is 35.0 Å². The van der Waals surface area contributed by atoms with Crippen molar-refractivity contribution in [3.8, 4) is 0 Å². The molecule has 90 valence electrons. The summed E-state index contributed by atoms with van der Waals surface area (Å²) in [5.74, 6) is 0. The van der Waals surface area contributed by atoms with Crippen molar-refractivity contribution in [1.82, 2.24) is 0 Å². The minimum atomic E-state index is 1.05. The first-order valence-electron chi connectivity index (χ1n) is 5.67. The van der Waals surface area contributed by atoms with Crippen LogP contribution in [0.5, 0.6) is 0 Å². The van der Waals surface area contributed by atoms with Crippen LogP contribution in [0, 0.1) is 6.92 Å². The zero-order valence-corrected chi connectivity index (χ0v) is 11.9. The van der Waals surface area contributed by atoms with Crippen LogP contribution in [0.1, 0.15) is 37.4 Å². The molecule has 1 N–H and O–H groups in total. The van der Waals surface area contributed by atoms with Crippen LogP contribution in [0.15, 0.2) is 11.1 Å². The van der Waals surface area contributed by atoms with E-state index in [1.165, 1.54) is 9.75 Å². The summed E-state index contributed by atoms with van der Waals surface area (Å²) in [4.78, 5) is 6.88. The van der Waals surface area contributed by atoms with Crippen molar-refractivity contribution in [2.45, 2.75) is 34.6 Å². The Labute approximate surface area is 103 Å². The number of aryl methyl sites for hydroxylation is 1. The summed E-state index contributed by atoms with van der Waals surface area (Å²) >= 11 is 1.77. The Morgan fingerprint density at radius 2 is 1.88 bits per heavy atom.